The maximum absolute atomic E-state index is 4.51. The fourth-order valence-electron chi connectivity index (χ4n) is 1.84. The Kier molecular flexibility index (Phi) is 3.74. The molecule has 1 aliphatic heterocycles. The molecule has 0 atom stereocenters. The number of nitrogens with zero attached hydrogens (tertiary/aromatic N) is 4. The SMILES string of the molecule is CN(C)Cc1nc(N2CCCNCC2)n[nH]1. The third-order valence-corrected chi connectivity index (χ3v) is 2.61. The molecule has 0 spiro atoms. The average molecular weight is 224 g/mol. The molecule has 0 aromatic carbocycles. The van der Waals surface area contributed by atoms with Gasteiger partial charge >= 0.3 is 0 Å². The number of hydrogen-bond acceptors (Lipinski definition) is 5. The highest BCUT2D eigenvalue weighted by atomic mass is 15.4. The van der Waals surface area contributed by atoms with Crippen molar-refractivity contribution >= 4 is 5.95 Å². The van der Waals surface area contributed by atoms with Crippen molar-refractivity contribution in [3.63, 3.8) is 0 Å². The molecular formula is C10H20N6. The lowest BCUT2D eigenvalue weighted by Gasteiger charge is -2.16. The Morgan fingerprint density at radius 2 is 2.19 bits per heavy atom. The third kappa shape index (κ3) is 2.93. The number of aromatic amines is 1. The molecule has 0 bridgehead atoms. The number of nitrogens with one attached hydrogen (secondary N) is 2. The van der Waals surface area contributed by atoms with E-state index in [0.717, 1.165) is 50.9 Å². The average Bonchev–Trinajstić information content (AvgIpc) is 2.53. The summed E-state index contributed by atoms with van der Waals surface area (Å²) in [7, 11) is 4.05. The van der Waals surface area contributed by atoms with Crippen LogP contribution in [0.1, 0.15) is 12.2 Å². The zero-order valence-corrected chi connectivity index (χ0v) is 10.0. The van der Waals surface area contributed by atoms with Crippen LogP contribution in [0.25, 0.3) is 0 Å². The highest BCUT2D eigenvalue weighted by Gasteiger charge is 2.14. The monoisotopic (exact) mass is 224 g/mol. The molecule has 0 saturated carbocycles. The van der Waals surface area contributed by atoms with Crippen molar-refractivity contribution in [3.8, 4) is 0 Å². The summed E-state index contributed by atoms with van der Waals surface area (Å²) in [5.74, 6) is 1.76. The fraction of sp³-hybridized carbons (Fsp3) is 0.800. The summed E-state index contributed by atoms with van der Waals surface area (Å²) in [5, 5.41) is 10.6. The number of rotatable bonds is 3. The van der Waals surface area contributed by atoms with E-state index in [1.54, 1.807) is 0 Å². The Bertz CT molecular complexity index is 313. The Labute approximate surface area is 96.0 Å². The molecular weight excluding hydrogens is 204 g/mol. The highest BCUT2D eigenvalue weighted by Crippen LogP contribution is 2.09. The molecule has 1 saturated heterocycles. The first-order valence-corrected chi connectivity index (χ1v) is 5.77. The van der Waals surface area contributed by atoms with Gasteiger partial charge in [0.1, 0.15) is 5.82 Å². The summed E-state index contributed by atoms with van der Waals surface area (Å²) in [5.41, 5.74) is 0. The molecule has 6 nitrogen and oxygen atoms in total. The van der Waals surface area contributed by atoms with Crippen molar-refractivity contribution in [2.75, 3.05) is 45.2 Å². The Hall–Kier alpha value is -1.14. The van der Waals surface area contributed by atoms with Crippen molar-refractivity contribution in [2.45, 2.75) is 13.0 Å². The smallest absolute Gasteiger partial charge is 0.244 e. The van der Waals surface area contributed by atoms with Crippen LogP contribution in [0.3, 0.4) is 0 Å². The van der Waals surface area contributed by atoms with E-state index in [0.29, 0.717) is 0 Å². The van der Waals surface area contributed by atoms with E-state index in [4.69, 9.17) is 0 Å². The molecule has 1 fully saturated rings. The predicted molar refractivity (Wildman–Crippen MR) is 63.5 cm³/mol. The Balaban J connectivity index is 1.99. The molecule has 1 aromatic heterocycles. The molecule has 0 unspecified atom stereocenters. The van der Waals surface area contributed by atoms with Crippen LogP contribution in [0.4, 0.5) is 5.95 Å². The second-order valence-electron chi connectivity index (χ2n) is 4.41. The van der Waals surface area contributed by atoms with Crippen molar-refractivity contribution in [1.29, 1.82) is 0 Å². The highest BCUT2D eigenvalue weighted by molar-refractivity contribution is 5.28. The van der Waals surface area contributed by atoms with E-state index in [1.807, 2.05) is 14.1 Å². The van der Waals surface area contributed by atoms with Crippen LogP contribution in [-0.4, -0.2) is 60.4 Å². The van der Waals surface area contributed by atoms with Crippen molar-refractivity contribution in [1.82, 2.24) is 25.4 Å². The van der Waals surface area contributed by atoms with Gasteiger partial charge in [0, 0.05) is 19.6 Å². The third-order valence-electron chi connectivity index (χ3n) is 2.61. The summed E-state index contributed by atoms with van der Waals surface area (Å²) in [6.07, 6.45) is 1.15. The number of aromatic nitrogens is 3. The predicted octanol–water partition coefficient (Wildman–Crippen LogP) is -0.334. The van der Waals surface area contributed by atoms with Crippen LogP contribution in [0.2, 0.25) is 0 Å². The van der Waals surface area contributed by atoms with E-state index < -0.39 is 0 Å². The second kappa shape index (κ2) is 5.27. The molecule has 2 rings (SSSR count). The van der Waals surface area contributed by atoms with Gasteiger partial charge in [0.2, 0.25) is 5.95 Å². The van der Waals surface area contributed by atoms with Crippen LogP contribution < -0.4 is 10.2 Å². The lowest BCUT2D eigenvalue weighted by molar-refractivity contribution is 0.391. The van der Waals surface area contributed by atoms with Crippen LogP contribution in [0.15, 0.2) is 0 Å². The Morgan fingerprint density at radius 1 is 1.31 bits per heavy atom. The normalized spacial score (nSPS) is 17.8. The zero-order chi connectivity index (χ0) is 11.4. The lowest BCUT2D eigenvalue weighted by atomic mass is 10.4. The summed E-state index contributed by atoms with van der Waals surface area (Å²) >= 11 is 0. The van der Waals surface area contributed by atoms with E-state index in [9.17, 15) is 0 Å². The van der Waals surface area contributed by atoms with Gasteiger partial charge in [0.15, 0.2) is 0 Å². The maximum atomic E-state index is 4.51. The van der Waals surface area contributed by atoms with Gasteiger partial charge in [-0.25, -0.2) is 0 Å². The van der Waals surface area contributed by atoms with Gasteiger partial charge in [-0.15, -0.1) is 5.10 Å². The van der Waals surface area contributed by atoms with E-state index in [2.05, 4.69) is 30.3 Å². The number of hydrogen-bond donors (Lipinski definition) is 2. The van der Waals surface area contributed by atoms with Crippen LogP contribution in [0.5, 0.6) is 0 Å². The van der Waals surface area contributed by atoms with Crippen LogP contribution in [0, 0.1) is 0 Å². The standard InChI is InChI=1S/C10H20N6/c1-15(2)8-9-12-10(14-13-9)16-6-3-4-11-5-7-16/h11H,3-8H2,1-2H3,(H,12,13,14). The number of H-pyrrole nitrogens is 1. The minimum atomic E-state index is 0.805. The number of anilines is 1. The summed E-state index contributed by atoms with van der Waals surface area (Å²) in [4.78, 5) is 8.82. The summed E-state index contributed by atoms with van der Waals surface area (Å²) < 4.78 is 0. The molecule has 2 heterocycles. The molecule has 2 N–H and O–H groups in total. The van der Waals surface area contributed by atoms with E-state index >= 15 is 0 Å². The Morgan fingerprint density at radius 3 is 3.00 bits per heavy atom. The minimum Gasteiger partial charge on any atom is -0.338 e. The van der Waals surface area contributed by atoms with Crippen molar-refractivity contribution in [3.05, 3.63) is 5.82 Å². The molecule has 0 amide bonds. The lowest BCUT2D eigenvalue weighted by Crippen LogP contribution is -2.28. The molecule has 6 heteroatoms. The second-order valence-corrected chi connectivity index (χ2v) is 4.41. The molecule has 1 aliphatic rings. The molecule has 0 aliphatic carbocycles. The summed E-state index contributed by atoms with van der Waals surface area (Å²) in [6.45, 7) is 4.92. The van der Waals surface area contributed by atoms with E-state index in [1.165, 1.54) is 0 Å². The molecule has 0 radical (unpaired) electrons. The molecule has 90 valence electrons. The van der Waals surface area contributed by atoms with Gasteiger partial charge in [0.25, 0.3) is 0 Å². The van der Waals surface area contributed by atoms with E-state index in [-0.39, 0.29) is 0 Å². The first kappa shape index (κ1) is 11.3. The molecule has 16 heavy (non-hydrogen) atoms. The fourth-order valence-corrected chi connectivity index (χ4v) is 1.84. The van der Waals surface area contributed by atoms with Gasteiger partial charge in [-0.3, -0.25) is 5.10 Å². The first-order chi connectivity index (χ1) is 7.75. The topological polar surface area (TPSA) is 60.1 Å². The quantitative estimate of drug-likeness (QED) is 0.736. The van der Waals surface area contributed by atoms with Crippen molar-refractivity contribution in [2.24, 2.45) is 0 Å². The van der Waals surface area contributed by atoms with Crippen molar-refractivity contribution < 1.29 is 0 Å². The molecule has 1 aromatic rings. The zero-order valence-electron chi connectivity index (χ0n) is 10.0. The van der Waals surface area contributed by atoms with Gasteiger partial charge in [-0.1, -0.05) is 0 Å². The van der Waals surface area contributed by atoms with Gasteiger partial charge < -0.3 is 15.1 Å². The summed E-state index contributed by atoms with van der Waals surface area (Å²) in [6, 6.07) is 0. The van der Waals surface area contributed by atoms with Gasteiger partial charge in [-0.2, -0.15) is 4.98 Å². The van der Waals surface area contributed by atoms with Gasteiger partial charge in [0.05, 0.1) is 6.54 Å². The van der Waals surface area contributed by atoms with Crippen LogP contribution in [-0.2, 0) is 6.54 Å². The minimum absolute atomic E-state index is 0.805. The van der Waals surface area contributed by atoms with Gasteiger partial charge in [-0.05, 0) is 27.1 Å². The van der Waals surface area contributed by atoms with Crippen LogP contribution >= 0.6 is 0 Å². The largest absolute Gasteiger partial charge is 0.338 e. The maximum Gasteiger partial charge on any atom is 0.244 e. The first-order valence-electron chi connectivity index (χ1n) is 5.77.